The van der Waals surface area contributed by atoms with E-state index in [2.05, 4.69) is 46.0 Å². The fourth-order valence-corrected chi connectivity index (χ4v) is 6.02. The Morgan fingerprint density at radius 1 is 1.08 bits per heavy atom. The normalized spacial score (nSPS) is 15.8. The van der Waals surface area contributed by atoms with E-state index < -0.39 is 27.0 Å². The fourth-order valence-electron chi connectivity index (χ4n) is 4.56. The van der Waals surface area contributed by atoms with Crippen LogP contribution in [0.5, 0.6) is 0 Å². The van der Waals surface area contributed by atoms with Crippen molar-refractivity contribution >= 4 is 33.3 Å². The summed E-state index contributed by atoms with van der Waals surface area (Å²) in [6, 6.07) is 6.13. The molecule has 1 aliphatic heterocycles. The van der Waals surface area contributed by atoms with Gasteiger partial charge in [-0.2, -0.15) is 0 Å². The van der Waals surface area contributed by atoms with Crippen LogP contribution < -0.4 is 20.3 Å². The van der Waals surface area contributed by atoms with Gasteiger partial charge in [0.25, 0.3) is 5.91 Å². The second-order valence-electron chi connectivity index (χ2n) is 13.1. The molecule has 0 bridgehead atoms. The van der Waals surface area contributed by atoms with Crippen LogP contribution in [0, 0.1) is 11.3 Å². The first-order chi connectivity index (χ1) is 17.9. The van der Waals surface area contributed by atoms with Gasteiger partial charge in [0.2, 0.25) is 10.0 Å². The van der Waals surface area contributed by atoms with Crippen LogP contribution in [0.4, 0.5) is 17.3 Å². The highest BCUT2D eigenvalue weighted by molar-refractivity contribution is 7.89. The molecule has 11 heteroatoms. The van der Waals surface area contributed by atoms with Crippen molar-refractivity contribution in [3.63, 3.8) is 0 Å². The van der Waals surface area contributed by atoms with E-state index in [0.717, 1.165) is 25.9 Å². The van der Waals surface area contributed by atoms with Crippen LogP contribution in [0.25, 0.3) is 0 Å². The molecule has 0 radical (unpaired) electrons. The lowest BCUT2D eigenvalue weighted by molar-refractivity contribution is 0.102. The molecule has 1 aromatic heterocycles. The van der Waals surface area contributed by atoms with E-state index in [4.69, 9.17) is 4.98 Å². The summed E-state index contributed by atoms with van der Waals surface area (Å²) in [5.74, 6) is 0.985. The molecule has 1 aromatic carbocycles. The molecule has 0 unspecified atom stereocenters. The van der Waals surface area contributed by atoms with Gasteiger partial charge in [0.15, 0.2) is 11.5 Å². The number of hydrogen-bond acceptors (Lipinski definition) is 8. The van der Waals surface area contributed by atoms with E-state index in [1.54, 1.807) is 32.9 Å². The molecule has 216 valence electrons. The van der Waals surface area contributed by atoms with Crippen molar-refractivity contribution in [1.29, 1.82) is 0 Å². The van der Waals surface area contributed by atoms with Crippen LogP contribution in [-0.2, 0) is 10.0 Å². The van der Waals surface area contributed by atoms with E-state index in [-0.39, 0.29) is 22.6 Å². The Morgan fingerprint density at radius 2 is 1.72 bits per heavy atom. The number of aliphatic hydroxyl groups is 1. The van der Waals surface area contributed by atoms with E-state index in [1.807, 2.05) is 13.8 Å². The number of carbonyl (C=O) groups excluding carboxylic acids is 1. The average Bonchev–Trinajstić information content (AvgIpc) is 2.82. The summed E-state index contributed by atoms with van der Waals surface area (Å²) in [6.07, 6.45) is 3.41. The number of nitrogens with one attached hydrogen (secondary N) is 3. The van der Waals surface area contributed by atoms with Crippen LogP contribution in [0.15, 0.2) is 35.4 Å². The smallest absolute Gasteiger partial charge is 0.278 e. The van der Waals surface area contributed by atoms with E-state index in [1.165, 1.54) is 18.3 Å². The van der Waals surface area contributed by atoms with Gasteiger partial charge in [-0.15, -0.1) is 0 Å². The maximum atomic E-state index is 13.5. The quantitative estimate of drug-likeness (QED) is 0.376. The predicted octanol–water partition coefficient (Wildman–Crippen LogP) is 4.25. The molecule has 0 aliphatic carbocycles. The summed E-state index contributed by atoms with van der Waals surface area (Å²) in [7, 11) is -3.78. The van der Waals surface area contributed by atoms with E-state index in [9.17, 15) is 18.3 Å². The monoisotopic (exact) mass is 560 g/mol. The zero-order chi connectivity index (χ0) is 29.2. The second-order valence-corrected chi connectivity index (χ2v) is 14.7. The molecule has 1 aliphatic rings. The third-order valence-corrected chi connectivity index (χ3v) is 8.45. The number of piperidine rings is 1. The summed E-state index contributed by atoms with van der Waals surface area (Å²) in [5.41, 5.74) is -0.595. The zero-order valence-electron chi connectivity index (χ0n) is 24.4. The molecule has 3 rings (SSSR count). The number of carbonyl (C=O) groups is 1. The Labute approximate surface area is 233 Å². The minimum atomic E-state index is -3.78. The minimum Gasteiger partial charge on any atom is -0.394 e. The highest BCUT2D eigenvalue weighted by atomic mass is 32.2. The van der Waals surface area contributed by atoms with Crippen LogP contribution in [-0.4, -0.2) is 60.2 Å². The summed E-state index contributed by atoms with van der Waals surface area (Å²) in [5, 5.41) is 15.7. The number of hydrogen-bond donors (Lipinski definition) is 4. The summed E-state index contributed by atoms with van der Waals surface area (Å²) in [6.45, 7) is 17.1. The molecule has 2 heterocycles. The van der Waals surface area contributed by atoms with Crippen molar-refractivity contribution in [2.45, 2.75) is 84.2 Å². The summed E-state index contributed by atoms with van der Waals surface area (Å²) in [4.78, 5) is 24.8. The molecular weight excluding hydrogens is 516 g/mol. The van der Waals surface area contributed by atoms with E-state index in [0.29, 0.717) is 23.2 Å². The third-order valence-electron chi connectivity index (χ3n) is 6.69. The Kier molecular flexibility index (Phi) is 8.98. The molecule has 10 nitrogen and oxygen atoms in total. The van der Waals surface area contributed by atoms with Gasteiger partial charge >= 0.3 is 0 Å². The molecule has 1 saturated heterocycles. The van der Waals surface area contributed by atoms with Crippen LogP contribution in [0.3, 0.4) is 0 Å². The van der Waals surface area contributed by atoms with Crippen molar-refractivity contribution in [1.82, 2.24) is 14.7 Å². The standard InChI is InChI=1S/C28H44N6O4S/c1-26(2,3)19-12-14-34(15-13-19)24-23(29-17-22(31-24)32-28(7,8)18-35)25(36)30-20-10-9-11-21(16-20)39(37,38)33-27(4,5)6/h9-11,16-17,19,33,35H,12-15,18H2,1-8H3,(H,30,36)(H,31,32). The number of amides is 1. The van der Waals surface area contributed by atoms with Gasteiger partial charge in [-0.1, -0.05) is 26.8 Å². The number of rotatable bonds is 8. The number of aromatic nitrogens is 2. The molecule has 0 spiro atoms. The van der Waals surface area contributed by atoms with E-state index >= 15 is 0 Å². The first kappa shape index (κ1) is 30.8. The molecule has 2 aromatic rings. The van der Waals surface area contributed by atoms with Gasteiger partial charge in [-0.25, -0.2) is 23.1 Å². The largest absolute Gasteiger partial charge is 0.394 e. The van der Waals surface area contributed by atoms with Crippen molar-refractivity contribution in [2.24, 2.45) is 11.3 Å². The molecule has 1 fully saturated rings. The van der Waals surface area contributed by atoms with Gasteiger partial charge in [0.05, 0.1) is 23.2 Å². The van der Waals surface area contributed by atoms with Crippen LogP contribution in [0.2, 0.25) is 0 Å². The highest BCUT2D eigenvalue weighted by Gasteiger charge is 2.32. The van der Waals surface area contributed by atoms with Crippen molar-refractivity contribution in [3.8, 4) is 0 Å². The number of anilines is 3. The number of nitrogens with zero attached hydrogens (tertiary/aromatic N) is 3. The first-order valence-corrected chi connectivity index (χ1v) is 14.8. The average molecular weight is 561 g/mol. The lowest BCUT2D eigenvalue weighted by Crippen LogP contribution is -2.40. The van der Waals surface area contributed by atoms with Gasteiger partial charge in [0.1, 0.15) is 5.82 Å². The van der Waals surface area contributed by atoms with Gasteiger partial charge in [0, 0.05) is 24.3 Å². The Hall–Kier alpha value is -2.76. The SMILES string of the molecule is CC(C)(C)NS(=O)(=O)c1cccc(NC(=O)c2ncc(NC(C)(C)CO)nc2N2CCC(C(C)(C)C)CC2)c1. The van der Waals surface area contributed by atoms with Gasteiger partial charge < -0.3 is 20.6 Å². The maximum absolute atomic E-state index is 13.5. The molecule has 0 atom stereocenters. The third kappa shape index (κ3) is 8.36. The predicted molar refractivity (Wildman–Crippen MR) is 156 cm³/mol. The van der Waals surface area contributed by atoms with Crippen LogP contribution in [0.1, 0.15) is 78.7 Å². The Morgan fingerprint density at radius 3 is 2.28 bits per heavy atom. The van der Waals surface area contributed by atoms with Crippen molar-refractivity contribution in [2.75, 3.05) is 35.2 Å². The lowest BCUT2D eigenvalue weighted by Gasteiger charge is -2.39. The number of aliphatic hydroxyl groups excluding tert-OH is 1. The zero-order valence-corrected chi connectivity index (χ0v) is 25.2. The molecular formula is C28H44N6O4S. The van der Waals surface area contributed by atoms with Gasteiger partial charge in [-0.05, 0) is 77.0 Å². The summed E-state index contributed by atoms with van der Waals surface area (Å²) >= 11 is 0. The van der Waals surface area contributed by atoms with Crippen molar-refractivity contribution < 1.29 is 18.3 Å². The number of benzene rings is 1. The fraction of sp³-hybridized carbons (Fsp3) is 0.607. The molecule has 39 heavy (non-hydrogen) atoms. The Balaban J connectivity index is 1.91. The highest BCUT2D eigenvalue weighted by Crippen LogP contribution is 2.36. The van der Waals surface area contributed by atoms with Crippen LogP contribution >= 0.6 is 0 Å². The molecule has 0 saturated carbocycles. The summed E-state index contributed by atoms with van der Waals surface area (Å²) < 4.78 is 28.2. The maximum Gasteiger partial charge on any atom is 0.278 e. The molecule has 4 N–H and O–H groups in total. The number of sulfonamides is 1. The minimum absolute atomic E-state index is 0.0524. The topological polar surface area (TPSA) is 137 Å². The second kappa shape index (κ2) is 11.4. The van der Waals surface area contributed by atoms with Crippen molar-refractivity contribution in [3.05, 3.63) is 36.2 Å². The molecule has 1 amide bonds. The Bertz CT molecular complexity index is 1270. The van der Waals surface area contributed by atoms with Gasteiger partial charge in [-0.3, -0.25) is 4.79 Å². The first-order valence-electron chi connectivity index (χ1n) is 13.4. The lowest BCUT2D eigenvalue weighted by atomic mass is 9.75.